The standard InChI is InChI=1S/C22H21N5/c1-26(18-11-7-10-17(14-18)16-8-3-2-4-9-16)21-19-12-5-6-13-20(19)27-15-23-25-22(27)24-21/h5-8,10-15H,2-4,9H2,1H3. The van der Waals surface area contributed by atoms with E-state index in [0.717, 1.165) is 22.4 Å². The van der Waals surface area contributed by atoms with Gasteiger partial charge in [0.2, 0.25) is 0 Å². The second kappa shape index (κ2) is 6.50. The van der Waals surface area contributed by atoms with Crippen LogP contribution in [0.25, 0.3) is 22.3 Å². The molecule has 0 amide bonds. The van der Waals surface area contributed by atoms with Crippen molar-refractivity contribution in [2.24, 2.45) is 0 Å². The first-order valence-corrected chi connectivity index (χ1v) is 9.43. The molecule has 4 aromatic rings. The molecule has 2 aromatic heterocycles. The van der Waals surface area contributed by atoms with Crippen LogP contribution in [0.1, 0.15) is 31.2 Å². The Morgan fingerprint density at radius 3 is 2.85 bits per heavy atom. The van der Waals surface area contributed by atoms with E-state index in [2.05, 4.69) is 64.6 Å². The van der Waals surface area contributed by atoms with E-state index in [-0.39, 0.29) is 0 Å². The van der Waals surface area contributed by atoms with E-state index in [1.807, 2.05) is 16.5 Å². The third-order valence-electron chi connectivity index (χ3n) is 5.35. The average molecular weight is 355 g/mol. The van der Waals surface area contributed by atoms with Gasteiger partial charge in [-0.2, -0.15) is 4.98 Å². The number of nitrogens with zero attached hydrogens (tertiary/aromatic N) is 5. The van der Waals surface area contributed by atoms with Crippen molar-refractivity contribution in [3.63, 3.8) is 0 Å². The lowest BCUT2D eigenvalue weighted by Crippen LogP contribution is -2.13. The van der Waals surface area contributed by atoms with E-state index in [4.69, 9.17) is 4.98 Å². The molecule has 5 heteroatoms. The summed E-state index contributed by atoms with van der Waals surface area (Å²) >= 11 is 0. The lowest BCUT2D eigenvalue weighted by Gasteiger charge is -2.22. The second-order valence-corrected chi connectivity index (χ2v) is 7.04. The zero-order valence-electron chi connectivity index (χ0n) is 15.3. The van der Waals surface area contributed by atoms with Crippen LogP contribution in [0.5, 0.6) is 0 Å². The first-order valence-electron chi connectivity index (χ1n) is 9.43. The van der Waals surface area contributed by atoms with E-state index in [1.54, 1.807) is 6.33 Å². The van der Waals surface area contributed by atoms with Gasteiger partial charge in [-0.15, -0.1) is 10.2 Å². The number of benzene rings is 2. The maximum atomic E-state index is 4.78. The van der Waals surface area contributed by atoms with Crippen LogP contribution in [-0.4, -0.2) is 26.6 Å². The number of hydrogen-bond acceptors (Lipinski definition) is 4. The smallest absolute Gasteiger partial charge is 0.257 e. The van der Waals surface area contributed by atoms with Crippen molar-refractivity contribution in [3.8, 4) is 0 Å². The molecule has 5 nitrogen and oxygen atoms in total. The highest BCUT2D eigenvalue weighted by atomic mass is 15.3. The Morgan fingerprint density at radius 1 is 1.04 bits per heavy atom. The Hall–Kier alpha value is -3.21. The molecule has 0 saturated heterocycles. The van der Waals surface area contributed by atoms with Crippen molar-refractivity contribution < 1.29 is 0 Å². The van der Waals surface area contributed by atoms with E-state index < -0.39 is 0 Å². The van der Waals surface area contributed by atoms with Gasteiger partial charge in [0.05, 0.1) is 5.52 Å². The van der Waals surface area contributed by atoms with Gasteiger partial charge in [0.25, 0.3) is 5.78 Å². The Balaban J connectivity index is 1.63. The molecule has 0 unspecified atom stereocenters. The number of para-hydroxylation sites is 1. The SMILES string of the molecule is CN(c1cccc(C2=CCCCC2)c1)c1nc2nncn2c2ccccc12. The summed E-state index contributed by atoms with van der Waals surface area (Å²) in [4.78, 5) is 6.93. The monoisotopic (exact) mass is 355 g/mol. The first-order chi connectivity index (χ1) is 13.3. The molecule has 0 spiro atoms. The molecule has 27 heavy (non-hydrogen) atoms. The van der Waals surface area contributed by atoms with Gasteiger partial charge < -0.3 is 4.90 Å². The summed E-state index contributed by atoms with van der Waals surface area (Å²) in [5.41, 5.74) is 4.95. The van der Waals surface area contributed by atoms with Crippen molar-refractivity contribution >= 4 is 33.8 Å². The van der Waals surface area contributed by atoms with Crippen LogP contribution in [0.4, 0.5) is 11.5 Å². The van der Waals surface area contributed by atoms with Gasteiger partial charge in [-0.1, -0.05) is 30.3 Å². The van der Waals surface area contributed by atoms with Crippen molar-refractivity contribution in [2.75, 3.05) is 11.9 Å². The third kappa shape index (κ3) is 2.76. The normalized spacial score (nSPS) is 14.5. The van der Waals surface area contributed by atoms with Crippen LogP contribution in [-0.2, 0) is 0 Å². The summed E-state index contributed by atoms with van der Waals surface area (Å²) in [5.74, 6) is 1.50. The summed E-state index contributed by atoms with van der Waals surface area (Å²) in [6.45, 7) is 0. The van der Waals surface area contributed by atoms with Crippen molar-refractivity contribution in [2.45, 2.75) is 25.7 Å². The van der Waals surface area contributed by atoms with E-state index in [1.165, 1.54) is 36.8 Å². The van der Waals surface area contributed by atoms with Crippen LogP contribution >= 0.6 is 0 Å². The Bertz CT molecular complexity index is 1160. The average Bonchev–Trinajstić information content (AvgIpc) is 3.22. The fourth-order valence-corrected chi connectivity index (χ4v) is 3.90. The fourth-order valence-electron chi connectivity index (χ4n) is 3.90. The van der Waals surface area contributed by atoms with Crippen molar-refractivity contribution in [1.82, 2.24) is 19.6 Å². The topological polar surface area (TPSA) is 46.3 Å². The van der Waals surface area contributed by atoms with E-state index in [9.17, 15) is 0 Å². The number of hydrogen-bond donors (Lipinski definition) is 0. The van der Waals surface area contributed by atoms with Gasteiger partial charge in [-0.3, -0.25) is 4.40 Å². The quantitative estimate of drug-likeness (QED) is 0.519. The second-order valence-electron chi connectivity index (χ2n) is 7.04. The molecule has 0 fully saturated rings. The molecule has 0 N–H and O–H groups in total. The highest BCUT2D eigenvalue weighted by Crippen LogP contribution is 2.33. The summed E-state index contributed by atoms with van der Waals surface area (Å²) in [6.07, 6.45) is 9.04. The summed E-state index contributed by atoms with van der Waals surface area (Å²) < 4.78 is 1.93. The number of anilines is 2. The van der Waals surface area contributed by atoms with Crippen LogP contribution in [0, 0.1) is 0 Å². The Kier molecular flexibility index (Phi) is 3.85. The van der Waals surface area contributed by atoms with Crippen LogP contribution < -0.4 is 4.90 Å². The lowest BCUT2D eigenvalue weighted by atomic mass is 9.93. The number of rotatable bonds is 3. The van der Waals surface area contributed by atoms with Gasteiger partial charge >= 0.3 is 0 Å². The van der Waals surface area contributed by atoms with Crippen molar-refractivity contribution in [3.05, 3.63) is 66.5 Å². The van der Waals surface area contributed by atoms with Gasteiger partial charge in [-0.25, -0.2) is 0 Å². The molecule has 1 aliphatic rings. The number of aromatic nitrogens is 4. The Morgan fingerprint density at radius 2 is 1.96 bits per heavy atom. The van der Waals surface area contributed by atoms with Crippen LogP contribution in [0.3, 0.4) is 0 Å². The molecule has 0 radical (unpaired) electrons. The molecule has 0 aliphatic heterocycles. The predicted octanol–water partition coefficient (Wildman–Crippen LogP) is 5.00. The molecule has 0 saturated carbocycles. The molecule has 134 valence electrons. The maximum absolute atomic E-state index is 4.78. The lowest BCUT2D eigenvalue weighted by molar-refractivity contribution is 0.742. The highest BCUT2D eigenvalue weighted by molar-refractivity contribution is 5.93. The number of allylic oxidation sites excluding steroid dienone is 2. The molecular formula is C22H21N5. The van der Waals surface area contributed by atoms with Crippen LogP contribution in [0.2, 0.25) is 0 Å². The zero-order chi connectivity index (χ0) is 18.2. The van der Waals surface area contributed by atoms with Gasteiger partial charge in [-0.05, 0) is 61.1 Å². The minimum absolute atomic E-state index is 0.613. The molecule has 2 aromatic carbocycles. The minimum atomic E-state index is 0.613. The highest BCUT2D eigenvalue weighted by Gasteiger charge is 2.15. The van der Waals surface area contributed by atoms with Gasteiger partial charge in [0, 0.05) is 18.1 Å². The first kappa shape index (κ1) is 16.0. The molecule has 1 aliphatic carbocycles. The van der Waals surface area contributed by atoms with Crippen LogP contribution in [0.15, 0.2) is 60.9 Å². The summed E-state index contributed by atoms with van der Waals surface area (Å²) in [6, 6.07) is 17.0. The Labute approximate surface area is 158 Å². The van der Waals surface area contributed by atoms with Gasteiger partial charge in [0.15, 0.2) is 0 Å². The minimum Gasteiger partial charge on any atom is -0.329 e. The summed E-state index contributed by atoms with van der Waals surface area (Å²) in [7, 11) is 2.07. The molecule has 0 atom stereocenters. The predicted molar refractivity (Wildman–Crippen MR) is 109 cm³/mol. The molecule has 5 rings (SSSR count). The molecular weight excluding hydrogens is 334 g/mol. The van der Waals surface area contributed by atoms with Gasteiger partial charge in [0.1, 0.15) is 12.1 Å². The van der Waals surface area contributed by atoms with E-state index >= 15 is 0 Å². The zero-order valence-corrected chi connectivity index (χ0v) is 15.3. The van der Waals surface area contributed by atoms with E-state index in [0.29, 0.717) is 5.78 Å². The summed E-state index contributed by atoms with van der Waals surface area (Å²) in [5, 5.41) is 9.27. The largest absolute Gasteiger partial charge is 0.329 e. The van der Waals surface area contributed by atoms with Crippen molar-refractivity contribution in [1.29, 1.82) is 0 Å². The molecule has 2 heterocycles. The number of fused-ring (bicyclic) bond motifs is 3. The third-order valence-corrected chi connectivity index (χ3v) is 5.35. The maximum Gasteiger partial charge on any atom is 0.257 e. The fraction of sp³-hybridized carbons (Fsp3) is 0.227. The molecule has 0 bridgehead atoms.